The summed E-state index contributed by atoms with van der Waals surface area (Å²) in [7, 11) is 3.50. The standard InChI is InChI=1S/C13H21ClN4O/c1-6-7-18(8-11(19)17(4)5)13-10(3)9(2)12(14)15-16-13/h6-8H2,1-5H3. The van der Waals surface area contributed by atoms with Crippen LogP contribution in [0.25, 0.3) is 0 Å². The lowest BCUT2D eigenvalue weighted by molar-refractivity contribution is -0.127. The van der Waals surface area contributed by atoms with Crippen LogP contribution in [0, 0.1) is 13.8 Å². The molecule has 0 radical (unpaired) electrons. The van der Waals surface area contributed by atoms with E-state index in [2.05, 4.69) is 17.1 Å². The largest absolute Gasteiger partial charge is 0.347 e. The number of hydrogen-bond acceptors (Lipinski definition) is 4. The maximum atomic E-state index is 11.9. The molecule has 1 aromatic rings. The minimum Gasteiger partial charge on any atom is -0.347 e. The second-order valence-electron chi connectivity index (χ2n) is 4.77. The van der Waals surface area contributed by atoms with Gasteiger partial charge in [0.05, 0.1) is 6.54 Å². The van der Waals surface area contributed by atoms with Gasteiger partial charge in [-0.2, -0.15) is 0 Å². The first-order valence-electron chi connectivity index (χ1n) is 6.33. The lowest BCUT2D eigenvalue weighted by Crippen LogP contribution is -2.38. The molecule has 5 nitrogen and oxygen atoms in total. The molecule has 0 saturated carbocycles. The maximum Gasteiger partial charge on any atom is 0.241 e. The number of carbonyl (C=O) groups is 1. The van der Waals surface area contributed by atoms with Crippen LogP contribution in [0.2, 0.25) is 5.15 Å². The fourth-order valence-corrected chi connectivity index (χ4v) is 1.88. The number of likely N-dealkylation sites (N-methyl/N-ethyl adjacent to an activating group) is 1. The Kier molecular flexibility index (Phi) is 5.54. The summed E-state index contributed by atoms with van der Waals surface area (Å²) < 4.78 is 0. The van der Waals surface area contributed by atoms with E-state index in [0.717, 1.165) is 29.9 Å². The van der Waals surface area contributed by atoms with Crippen LogP contribution >= 0.6 is 11.6 Å². The first kappa shape index (κ1) is 15.7. The summed E-state index contributed by atoms with van der Waals surface area (Å²) in [6.07, 6.45) is 0.934. The van der Waals surface area contributed by atoms with Crippen LogP contribution in [0.15, 0.2) is 0 Å². The molecule has 0 N–H and O–H groups in total. The first-order valence-corrected chi connectivity index (χ1v) is 6.70. The Morgan fingerprint density at radius 1 is 1.21 bits per heavy atom. The number of aromatic nitrogens is 2. The van der Waals surface area contributed by atoms with Crippen LogP contribution in [0.3, 0.4) is 0 Å². The topological polar surface area (TPSA) is 49.3 Å². The first-order chi connectivity index (χ1) is 8.88. The van der Waals surface area contributed by atoms with E-state index in [-0.39, 0.29) is 5.91 Å². The third-order valence-electron chi connectivity index (χ3n) is 3.06. The number of amides is 1. The fraction of sp³-hybridized carbons (Fsp3) is 0.615. The van der Waals surface area contributed by atoms with Crippen molar-refractivity contribution in [3.05, 3.63) is 16.3 Å². The van der Waals surface area contributed by atoms with Gasteiger partial charge in [0.25, 0.3) is 0 Å². The number of hydrogen-bond donors (Lipinski definition) is 0. The predicted octanol–water partition coefficient (Wildman–Crippen LogP) is 2.05. The molecule has 106 valence electrons. The van der Waals surface area contributed by atoms with E-state index >= 15 is 0 Å². The Bertz CT molecular complexity index is 462. The highest BCUT2D eigenvalue weighted by molar-refractivity contribution is 6.30. The van der Waals surface area contributed by atoms with E-state index in [9.17, 15) is 4.79 Å². The van der Waals surface area contributed by atoms with E-state index in [0.29, 0.717) is 11.7 Å². The molecular formula is C13H21ClN4O. The molecule has 19 heavy (non-hydrogen) atoms. The normalized spacial score (nSPS) is 10.4. The molecule has 1 rings (SSSR count). The molecule has 0 bridgehead atoms. The summed E-state index contributed by atoms with van der Waals surface area (Å²) >= 11 is 5.96. The van der Waals surface area contributed by atoms with Crippen LogP contribution in [0.4, 0.5) is 5.82 Å². The zero-order valence-electron chi connectivity index (χ0n) is 12.2. The van der Waals surface area contributed by atoms with Crippen molar-refractivity contribution in [1.82, 2.24) is 15.1 Å². The average molecular weight is 285 g/mol. The number of halogens is 1. The number of anilines is 1. The van der Waals surface area contributed by atoms with Gasteiger partial charge in [-0.3, -0.25) is 4.79 Å². The third-order valence-corrected chi connectivity index (χ3v) is 3.42. The Morgan fingerprint density at radius 2 is 1.84 bits per heavy atom. The monoisotopic (exact) mass is 284 g/mol. The van der Waals surface area contributed by atoms with Crippen LogP contribution in [-0.4, -0.2) is 48.2 Å². The molecule has 0 unspecified atom stereocenters. The molecule has 0 aromatic carbocycles. The van der Waals surface area contributed by atoms with E-state index in [1.165, 1.54) is 0 Å². The molecule has 1 heterocycles. The van der Waals surface area contributed by atoms with Gasteiger partial charge in [-0.05, 0) is 31.4 Å². The van der Waals surface area contributed by atoms with E-state index in [1.54, 1.807) is 19.0 Å². The Morgan fingerprint density at radius 3 is 2.37 bits per heavy atom. The van der Waals surface area contributed by atoms with E-state index < -0.39 is 0 Å². The van der Waals surface area contributed by atoms with Gasteiger partial charge >= 0.3 is 0 Å². The quantitative estimate of drug-likeness (QED) is 0.830. The Labute approximate surface area is 119 Å². The van der Waals surface area contributed by atoms with E-state index in [1.807, 2.05) is 18.7 Å². The second-order valence-corrected chi connectivity index (χ2v) is 5.13. The highest BCUT2D eigenvalue weighted by Crippen LogP contribution is 2.23. The Balaban J connectivity index is 3.06. The molecule has 0 fully saturated rings. The van der Waals surface area contributed by atoms with Crippen molar-refractivity contribution < 1.29 is 4.79 Å². The molecule has 6 heteroatoms. The molecule has 1 aromatic heterocycles. The number of rotatable bonds is 5. The van der Waals surface area contributed by atoms with Gasteiger partial charge in [-0.25, -0.2) is 0 Å². The molecule has 1 amide bonds. The van der Waals surface area contributed by atoms with Crippen molar-refractivity contribution in [3.63, 3.8) is 0 Å². The zero-order valence-corrected chi connectivity index (χ0v) is 13.0. The van der Waals surface area contributed by atoms with Gasteiger partial charge < -0.3 is 9.80 Å². The van der Waals surface area contributed by atoms with Crippen molar-refractivity contribution in [2.24, 2.45) is 0 Å². The molecule has 0 spiro atoms. The average Bonchev–Trinajstić information content (AvgIpc) is 2.35. The van der Waals surface area contributed by atoms with Crippen molar-refractivity contribution in [2.75, 3.05) is 32.1 Å². The van der Waals surface area contributed by atoms with Gasteiger partial charge in [-0.1, -0.05) is 18.5 Å². The van der Waals surface area contributed by atoms with E-state index in [4.69, 9.17) is 11.6 Å². The van der Waals surface area contributed by atoms with Gasteiger partial charge in [-0.15, -0.1) is 10.2 Å². The van der Waals surface area contributed by atoms with Gasteiger partial charge in [0, 0.05) is 20.6 Å². The number of carbonyl (C=O) groups excluding carboxylic acids is 1. The highest BCUT2D eigenvalue weighted by atomic mass is 35.5. The molecule has 0 aliphatic heterocycles. The molecule has 0 atom stereocenters. The van der Waals surface area contributed by atoms with Crippen LogP contribution in [0.1, 0.15) is 24.5 Å². The molecule has 0 aliphatic carbocycles. The summed E-state index contributed by atoms with van der Waals surface area (Å²) in [6.45, 7) is 6.99. The van der Waals surface area contributed by atoms with Crippen molar-refractivity contribution in [2.45, 2.75) is 27.2 Å². The minimum absolute atomic E-state index is 0.0438. The lowest BCUT2D eigenvalue weighted by atomic mass is 10.2. The maximum absolute atomic E-state index is 11.9. The van der Waals surface area contributed by atoms with Crippen LogP contribution in [0.5, 0.6) is 0 Å². The summed E-state index contributed by atoms with van der Waals surface area (Å²) in [4.78, 5) is 15.4. The SMILES string of the molecule is CCCN(CC(=O)N(C)C)c1nnc(Cl)c(C)c1C. The summed E-state index contributed by atoms with van der Waals surface area (Å²) in [5.41, 5.74) is 1.88. The van der Waals surface area contributed by atoms with Gasteiger partial charge in [0.15, 0.2) is 11.0 Å². The summed E-state index contributed by atoms with van der Waals surface area (Å²) in [5.74, 6) is 0.779. The molecule has 0 aliphatic rings. The summed E-state index contributed by atoms with van der Waals surface area (Å²) in [5, 5.41) is 8.50. The Hall–Kier alpha value is -1.36. The van der Waals surface area contributed by atoms with Crippen molar-refractivity contribution in [3.8, 4) is 0 Å². The van der Waals surface area contributed by atoms with Crippen molar-refractivity contribution >= 4 is 23.3 Å². The fourth-order valence-electron chi connectivity index (χ4n) is 1.70. The predicted molar refractivity (Wildman–Crippen MR) is 77.7 cm³/mol. The third kappa shape index (κ3) is 3.80. The molecular weight excluding hydrogens is 264 g/mol. The lowest BCUT2D eigenvalue weighted by Gasteiger charge is -2.25. The zero-order chi connectivity index (χ0) is 14.6. The smallest absolute Gasteiger partial charge is 0.241 e. The second kappa shape index (κ2) is 6.70. The number of nitrogens with zero attached hydrogens (tertiary/aromatic N) is 4. The van der Waals surface area contributed by atoms with Crippen LogP contribution < -0.4 is 4.90 Å². The highest BCUT2D eigenvalue weighted by Gasteiger charge is 2.18. The summed E-state index contributed by atoms with van der Waals surface area (Å²) in [6, 6.07) is 0. The van der Waals surface area contributed by atoms with Gasteiger partial charge in [0.1, 0.15) is 0 Å². The minimum atomic E-state index is 0.0438. The van der Waals surface area contributed by atoms with Gasteiger partial charge in [0.2, 0.25) is 5.91 Å². The van der Waals surface area contributed by atoms with Crippen molar-refractivity contribution in [1.29, 1.82) is 0 Å². The van der Waals surface area contributed by atoms with Crippen LogP contribution in [-0.2, 0) is 4.79 Å². The molecule has 0 saturated heterocycles.